The van der Waals surface area contributed by atoms with E-state index < -0.39 is 17.0 Å². The molecule has 2 aromatic heterocycles. The van der Waals surface area contributed by atoms with Gasteiger partial charge in [0.05, 0.1) is 20.5 Å². The van der Waals surface area contributed by atoms with Crippen molar-refractivity contribution in [2.45, 2.75) is 17.7 Å². The number of aliphatic carboxylic acids is 1. The number of hydrogen-bond donors (Lipinski definition) is 1. The number of halogens is 2. The van der Waals surface area contributed by atoms with Crippen LogP contribution in [-0.4, -0.2) is 19.3 Å². The average Bonchev–Trinajstić information content (AvgIpc) is 3.53. The number of carbonyl (C=O) groups is 1. The first-order valence-corrected chi connectivity index (χ1v) is 13.7. The lowest BCUT2D eigenvalue weighted by atomic mass is 10.0. The minimum Gasteiger partial charge on any atom is -0.481 e. The van der Waals surface area contributed by atoms with Crippen LogP contribution < -0.4 is 4.74 Å². The maximum Gasteiger partial charge on any atom is 0.303 e. The maximum absolute atomic E-state index is 13.7. The zero-order valence-electron chi connectivity index (χ0n) is 18.7. The van der Waals surface area contributed by atoms with Gasteiger partial charge in [0.15, 0.2) is 11.0 Å². The molecule has 0 saturated carbocycles. The SMILES string of the molecule is O=C(O)CCc1cn(S(=O)c2cccc(Oc3ccc(Cl)c(Cl)c3)c2)c2ccc(-c3ccsc3)cc12. The fourth-order valence-electron chi connectivity index (χ4n) is 3.89. The van der Waals surface area contributed by atoms with Crippen molar-refractivity contribution >= 4 is 62.4 Å². The minimum absolute atomic E-state index is 0.0125. The summed E-state index contributed by atoms with van der Waals surface area (Å²) in [5.41, 5.74) is 3.72. The highest BCUT2D eigenvalue weighted by Gasteiger charge is 2.17. The summed E-state index contributed by atoms with van der Waals surface area (Å²) in [6.45, 7) is 0. The molecule has 2 heterocycles. The van der Waals surface area contributed by atoms with Gasteiger partial charge >= 0.3 is 5.97 Å². The van der Waals surface area contributed by atoms with E-state index in [9.17, 15) is 14.1 Å². The number of nitrogens with zero attached hydrogens (tertiary/aromatic N) is 1. The Labute approximate surface area is 224 Å². The molecule has 1 N–H and O–H groups in total. The van der Waals surface area contributed by atoms with Crippen molar-refractivity contribution < 1.29 is 18.8 Å². The Bertz CT molecular complexity index is 1600. The number of benzene rings is 3. The first-order valence-electron chi connectivity index (χ1n) is 10.9. The molecule has 3 aromatic carbocycles. The molecule has 0 saturated heterocycles. The summed E-state index contributed by atoms with van der Waals surface area (Å²) >= 11 is 13.7. The van der Waals surface area contributed by atoms with Crippen LogP contribution in [0.15, 0.2) is 88.6 Å². The molecule has 0 radical (unpaired) electrons. The number of aromatic nitrogens is 1. The molecule has 5 nitrogen and oxygen atoms in total. The van der Waals surface area contributed by atoms with Gasteiger partial charge in [-0.1, -0.05) is 35.3 Å². The number of aryl methyl sites for hydroxylation is 1. The first kappa shape index (κ1) is 24.6. The highest BCUT2D eigenvalue weighted by Crippen LogP contribution is 2.33. The van der Waals surface area contributed by atoms with Crippen molar-refractivity contribution in [2.24, 2.45) is 0 Å². The molecule has 0 bridgehead atoms. The van der Waals surface area contributed by atoms with Gasteiger partial charge in [0.1, 0.15) is 11.5 Å². The van der Waals surface area contributed by atoms with Gasteiger partial charge < -0.3 is 9.84 Å². The zero-order valence-corrected chi connectivity index (χ0v) is 21.8. The maximum atomic E-state index is 13.7. The Morgan fingerprint density at radius 2 is 1.81 bits per heavy atom. The van der Waals surface area contributed by atoms with Crippen LogP contribution in [0.4, 0.5) is 0 Å². The molecule has 0 amide bonds. The molecule has 5 aromatic rings. The van der Waals surface area contributed by atoms with Crippen LogP contribution in [0.2, 0.25) is 10.0 Å². The molecule has 0 aliphatic carbocycles. The number of carboxylic acid groups (broad SMARTS) is 1. The average molecular weight is 556 g/mol. The highest BCUT2D eigenvalue weighted by atomic mass is 35.5. The molecular formula is C27H19Cl2NO4S2. The Balaban J connectivity index is 1.51. The summed E-state index contributed by atoms with van der Waals surface area (Å²) in [4.78, 5) is 11.8. The number of rotatable bonds is 8. The van der Waals surface area contributed by atoms with E-state index in [2.05, 4.69) is 5.38 Å². The van der Waals surface area contributed by atoms with Crippen molar-refractivity contribution in [2.75, 3.05) is 0 Å². The summed E-state index contributed by atoms with van der Waals surface area (Å²) in [5.74, 6) is 0.135. The van der Waals surface area contributed by atoms with Crippen molar-refractivity contribution in [3.05, 3.63) is 99.3 Å². The zero-order chi connectivity index (χ0) is 25.2. The standard InChI is InChI=1S/C27H19Cl2NO4S2/c28-24-7-6-21(14-25(24)29)34-20-2-1-3-22(13-20)36(33)30-15-18(5-9-27(31)32)23-12-17(4-8-26(23)30)19-10-11-35-16-19/h1-4,6-8,10-16H,5,9H2,(H,31,32). The van der Waals surface area contributed by atoms with E-state index in [1.165, 1.54) is 0 Å². The quantitative estimate of drug-likeness (QED) is 0.210. The van der Waals surface area contributed by atoms with Crippen LogP contribution in [0.1, 0.15) is 12.0 Å². The second kappa shape index (κ2) is 10.5. The van der Waals surface area contributed by atoms with Gasteiger partial charge in [-0.15, -0.1) is 0 Å². The smallest absolute Gasteiger partial charge is 0.303 e. The molecule has 0 fully saturated rings. The third kappa shape index (κ3) is 5.20. The lowest BCUT2D eigenvalue weighted by molar-refractivity contribution is -0.136. The number of hydrogen-bond acceptors (Lipinski definition) is 4. The Kier molecular flexibility index (Phi) is 7.16. The van der Waals surface area contributed by atoms with E-state index in [1.807, 2.05) is 29.6 Å². The van der Waals surface area contributed by atoms with Crippen LogP contribution in [0.25, 0.3) is 22.0 Å². The lowest BCUT2D eigenvalue weighted by Gasteiger charge is -2.10. The highest BCUT2D eigenvalue weighted by molar-refractivity contribution is 7.83. The van der Waals surface area contributed by atoms with Crippen LogP contribution in [-0.2, 0) is 22.2 Å². The molecule has 0 aliphatic heterocycles. The summed E-state index contributed by atoms with van der Waals surface area (Å²) in [6.07, 6.45) is 2.11. The van der Waals surface area contributed by atoms with E-state index in [4.69, 9.17) is 27.9 Å². The second-order valence-corrected chi connectivity index (χ2v) is 11.0. The Hall–Kier alpha value is -3.10. The molecular weight excluding hydrogens is 537 g/mol. The van der Waals surface area contributed by atoms with Gasteiger partial charge in [-0.25, -0.2) is 4.21 Å². The van der Waals surface area contributed by atoms with Crippen LogP contribution in [0.5, 0.6) is 11.5 Å². The van der Waals surface area contributed by atoms with Gasteiger partial charge in [0, 0.05) is 24.1 Å². The van der Waals surface area contributed by atoms with Crippen LogP contribution in [0, 0.1) is 0 Å². The Morgan fingerprint density at radius 3 is 2.56 bits per heavy atom. The van der Waals surface area contributed by atoms with E-state index in [-0.39, 0.29) is 6.42 Å². The third-order valence-corrected chi connectivity index (χ3v) is 8.37. The molecule has 0 spiro atoms. The van der Waals surface area contributed by atoms with Crippen molar-refractivity contribution in [3.63, 3.8) is 0 Å². The number of fused-ring (bicyclic) bond motifs is 1. The summed E-state index contributed by atoms with van der Waals surface area (Å²) < 4.78 is 21.3. The summed E-state index contributed by atoms with van der Waals surface area (Å²) in [6, 6.07) is 20.0. The number of carboxylic acids is 1. The van der Waals surface area contributed by atoms with E-state index in [1.54, 1.807) is 64.0 Å². The van der Waals surface area contributed by atoms with Gasteiger partial charge in [0.25, 0.3) is 0 Å². The number of thiophene rings is 1. The molecule has 5 rings (SSSR count). The molecule has 1 atom stereocenters. The fraction of sp³-hybridized carbons (Fsp3) is 0.0741. The Morgan fingerprint density at radius 1 is 0.972 bits per heavy atom. The number of ether oxygens (including phenoxy) is 1. The van der Waals surface area contributed by atoms with Gasteiger partial charge in [-0.2, -0.15) is 11.3 Å². The predicted molar refractivity (Wildman–Crippen MR) is 146 cm³/mol. The minimum atomic E-state index is -1.59. The molecule has 36 heavy (non-hydrogen) atoms. The van der Waals surface area contributed by atoms with Gasteiger partial charge in [0.2, 0.25) is 0 Å². The fourth-order valence-corrected chi connectivity index (χ4v) is 6.04. The summed E-state index contributed by atoms with van der Waals surface area (Å²) in [5, 5.41) is 15.0. The third-order valence-electron chi connectivity index (χ3n) is 5.63. The van der Waals surface area contributed by atoms with Gasteiger partial charge in [-0.3, -0.25) is 8.77 Å². The summed E-state index contributed by atoms with van der Waals surface area (Å²) in [7, 11) is -1.59. The van der Waals surface area contributed by atoms with Crippen LogP contribution in [0.3, 0.4) is 0 Å². The monoisotopic (exact) mass is 555 g/mol. The molecule has 0 aliphatic rings. The molecule has 1 unspecified atom stereocenters. The van der Waals surface area contributed by atoms with E-state index in [0.717, 1.165) is 27.6 Å². The predicted octanol–water partition coefficient (Wildman–Crippen LogP) is 8.06. The van der Waals surface area contributed by atoms with E-state index >= 15 is 0 Å². The lowest BCUT2D eigenvalue weighted by Crippen LogP contribution is -2.04. The topological polar surface area (TPSA) is 68.5 Å². The second-order valence-electron chi connectivity index (χ2n) is 8.02. The normalized spacial score (nSPS) is 12.1. The first-order chi connectivity index (χ1) is 17.4. The van der Waals surface area contributed by atoms with Crippen molar-refractivity contribution in [1.82, 2.24) is 3.97 Å². The van der Waals surface area contributed by atoms with Gasteiger partial charge in [-0.05, 0) is 82.4 Å². The molecule has 182 valence electrons. The van der Waals surface area contributed by atoms with Crippen molar-refractivity contribution in [3.8, 4) is 22.6 Å². The largest absolute Gasteiger partial charge is 0.481 e. The molecule has 9 heteroatoms. The van der Waals surface area contributed by atoms with Crippen LogP contribution >= 0.6 is 34.5 Å². The van der Waals surface area contributed by atoms with Crippen molar-refractivity contribution in [1.29, 1.82) is 0 Å². The van der Waals surface area contributed by atoms with E-state index in [0.29, 0.717) is 32.9 Å².